The first-order valence-electron chi connectivity index (χ1n) is 4.69. The van der Waals surface area contributed by atoms with Crippen LogP contribution in [0.3, 0.4) is 0 Å². The van der Waals surface area contributed by atoms with Gasteiger partial charge >= 0.3 is 0 Å². The monoisotopic (exact) mass is 192 g/mol. The van der Waals surface area contributed by atoms with E-state index < -0.39 is 0 Å². The fraction of sp³-hybridized carbons (Fsp3) is 1.00. The summed E-state index contributed by atoms with van der Waals surface area (Å²) < 4.78 is 10.9. The molecular weight excluding hydrogens is 172 g/mol. The molecule has 0 saturated carbocycles. The van der Waals surface area contributed by atoms with Crippen molar-refractivity contribution in [2.24, 2.45) is 0 Å². The fourth-order valence-electron chi connectivity index (χ4n) is 0.884. The highest BCUT2D eigenvalue weighted by atomic mass is 32.1. The maximum absolute atomic E-state index is 5.52. The highest BCUT2D eigenvalue weighted by Crippen LogP contribution is 2.11. The van der Waals surface area contributed by atoms with Gasteiger partial charge in [0.15, 0.2) is 6.29 Å². The Hall–Kier alpha value is 0.270. The highest BCUT2D eigenvalue weighted by molar-refractivity contribution is 7.80. The Kier molecular flexibility index (Phi) is 8.07. The van der Waals surface area contributed by atoms with Crippen molar-refractivity contribution in [3.63, 3.8) is 0 Å². The van der Waals surface area contributed by atoms with Gasteiger partial charge in [0.1, 0.15) is 5.44 Å². The van der Waals surface area contributed by atoms with Crippen LogP contribution in [-0.2, 0) is 9.47 Å². The van der Waals surface area contributed by atoms with Gasteiger partial charge in [0.05, 0.1) is 0 Å². The van der Waals surface area contributed by atoms with E-state index in [1.54, 1.807) is 0 Å². The smallest absolute Gasteiger partial charge is 0.159 e. The zero-order valence-corrected chi connectivity index (χ0v) is 9.14. The summed E-state index contributed by atoms with van der Waals surface area (Å²) in [4.78, 5) is 0. The van der Waals surface area contributed by atoms with Crippen LogP contribution >= 0.6 is 12.6 Å². The zero-order valence-electron chi connectivity index (χ0n) is 8.25. The van der Waals surface area contributed by atoms with Crippen LogP contribution in [0, 0.1) is 0 Å². The molecule has 0 bridgehead atoms. The van der Waals surface area contributed by atoms with Crippen molar-refractivity contribution in [1.29, 1.82) is 0 Å². The first-order valence-corrected chi connectivity index (χ1v) is 5.21. The largest absolute Gasteiger partial charge is 0.353 e. The molecule has 0 spiro atoms. The molecule has 0 amide bonds. The molecule has 0 aromatic heterocycles. The van der Waals surface area contributed by atoms with Crippen LogP contribution in [0.5, 0.6) is 0 Å². The molecule has 74 valence electrons. The summed E-state index contributed by atoms with van der Waals surface area (Å²) >= 11 is 4.25. The summed E-state index contributed by atoms with van der Waals surface area (Å²) in [6.45, 7) is 6.85. The van der Waals surface area contributed by atoms with Crippen LogP contribution in [-0.4, -0.2) is 18.3 Å². The maximum atomic E-state index is 5.52. The van der Waals surface area contributed by atoms with Crippen LogP contribution < -0.4 is 0 Å². The van der Waals surface area contributed by atoms with E-state index in [2.05, 4.69) is 19.6 Å². The molecule has 0 rings (SSSR count). The van der Waals surface area contributed by atoms with Crippen molar-refractivity contribution in [2.45, 2.75) is 51.8 Å². The normalized spacial score (nSPS) is 16.0. The van der Waals surface area contributed by atoms with Gasteiger partial charge in [-0.25, -0.2) is 0 Å². The van der Waals surface area contributed by atoms with Crippen molar-refractivity contribution in [1.82, 2.24) is 0 Å². The SMILES string of the molecule is CCCC(OCC)OC(S)CC. The Morgan fingerprint density at radius 1 is 1.25 bits per heavy atom. The summed E-state index contributed by atoms with van der Waals surface area (Å²) in [6, 6.07) is 0. The molecule has 0 aliphatic rings. The predicted octanol–water partition coefficient (Wildman–Crippen LogP) is 2.83. The molecule has 0 fully saturated rings. The Morgan fingerprint density at radius 3 is 2.33 bits per heavy atom. The number of hydrogen-bond donors (Lipinski definition) is 1. The van der Waals surface area contributed by atoms with Crippen LogP contribution in [0.4, 0.5) is 0 Å². The molecule has 0 radical (unpaired) electrons. The number of hydrogen-bond acceptors (Lipinski definition) is 3. The summed E-state index contributed by atoms with van der Waals surface area (Å²) in [5.41, 5.74) is 0.00750. The van der Waals surface area contributed by atoms with Crippen molar-refractivity contribution < 1.29 is 9.47 Å². The Labute approximate surface area is 81.0 Å². The van der Waals surface area contributed by atoms with Gasteiger partial charge in [-0.1, -0.05) is 20.3 Å². The van der Waals surface area contributed by atoms with Crippen molar-refractivity contribution in [3.8, 4) is 0 Å². The predicted molar refractivity (Wildman–Crippen MR) is 54.5 cm³/mol. The van der Waals surface area contributed by atoms with Crippen LogP contribution in [0.15, 0.2) is 0 Å². The lowest BCUT2D eigenvalue weighted by Gasteiger charge is -2.20. The number of rotatable bonds is 7. The standard InChI is InChI=1S/C9H20O2S/c1-4-7-8(10-6-3)11-9(12)5-2/h8-9,12H,4-7H2,1-3H3. The van der Waals surface area contributed by atoms with E-state index in [0.29, 0.717) is 6.61 Å². The molecule has 2 nitrogen and oxygen atoms in total. The first-order chi connectivity index (χ1) is 5.74. The Balaban J connectivity index is 3.61. The van der Waals surface area contributed by atoms with Crippen molar-refractivity contribution in [2.75, 3.05) is 6.61 Å². The quantitative estimate of drug-likeness (QED) is 0.494. The Morgan fingerprint density at radius 2 is 1.92 bits per heavy atom. The lowest BCUT2D eigenvalue weighted by molar-refractivity contribution is -0.151. The van der Waals surface area contributed by atoms with Crippen molar-refractivity contribution in [3.05, 3.63) is 0 Å². The molecule has 0 aromatic rings. The van der Waals surface area contributed by atoms with Gasteiger partial charge in [0, 0.05) is 6.61 Å². The van der Waals surface area contributed by atoms with E-state index in [9.17, 15) is 0 Å². The minimum absolute atomic E-state index is 0.00750. The van der Waals surface area contributed by atoms with Crippen LogP contribution in [0.1, 0.15) is 40.0 Å². The average molecular weight is 192 g/mol. The number of ether oxygens (including phenoxy) is 2. The molecule has 0 saturated heterocycles. The maximum Gasteiger partial charge on any atom is 0.159 e. The van der Waals surface area contributed by atoms with Crippen LogP contribution in [0.25, 0.3) is 0 Å². The molecule has 0 aliphatic heterocycles. The van der Waals surface area contributed by atoms with Gasteiger partial charge in [-0.15, -0.1) is 12.6 Å². The van der Waals surface area contributed by atoms with E-state index in [1.807, 2.05) is 13.8 Å². The van der Waals surface area contributed by atoms with E-state index in [1.165, 1.54) is 0 Å². The molecule has 0 aromatic carbocycles. The molecular formula is C9H20O2S. The third kappa shape index (κ3) is 5.86. The summed E-state index contributed by atoms with van der Waals surface area (Å²) in [6.07, 6.45) is 2.87. The minimum atomic E-state index is -0.0672. The molecule has 0 N–H and O–H groups in total. The number of thiol groups is 1. The zero-order chi connectivity index (χ0) is 9.40. The first kappa shape index (κ1) is 12.3. The lowest BCUT2D eigenvalue weighted by atomic mass is 10.3. The average Bonchev–Trinajstić information content (AvgIpc) is 2.05. The molecule has 3 heteroatoms. The van der Waals surface area contributed by atoms with Gasteiger partial charge in [0.25, 0.3) is 0 Å². The van der Waals surface area contributed by atoms with Gasteiger partial charge in [-0.2, -0.15) is 0 Å². The van der Waals surface area contributed by atoms with Crippen molar-refractivity contribution >= 4 is 12.6 Å². The molecule has 2 unspecified atom stereocenters. The molecule has 0 aliphatic carbocycles. The topological polar surface area (TPSA) is 18.5 Å². The van der Waals surface area contributed by atoms with E-state index in [-0.39, 0.29) is 11.7 Å². The summed E-state index contributed by atoms with van der Waals surface area (Å²) in [5.74, 6) is 0. The fourth-order valence-corrected chi connectivity index (χ4v) is 1.02. The van der Waals surface area contributed by atoms with Gasteiger partial charge < -0.3 is 9.47 Å². The second-order valence-electron chi connectivity index (χ2n) is 2.67. The Bertz CT molecular complexity index is 92.5. The van der Waals surface area contributed by atoms with E-state index in [4.69, 9.17) is 9.47 Å². The van der Waals surface area contributed by atoms with Crippen LogP contribution in [0.2, 0.25) is 0 Å². The summed E-state index contributed by atoms with van der Waals surface area (Å²) in [5, 5.41) is 0. The molecule has 12 heavy (non-hydrogen) atoms. The van der Waals surface area contributed by atoms with E-state index in [0.717, 1.165) is 19.3 Å². The second-order valence-corrected chi connectivity index (χ2v) is 3.25. The lowest BCUT2D eigenvalue weighted by Crippen LogP contribution is -2.21. The summed E-state index contributed by atoms with van der Waals surface area (Å²) in [7, 11) is 0. The third-order valence-corrected chi connectivity index (χ3v) is 2.02. The third-order valence-electron chi connectivity index (χ3n) is 1.54. The van der Waals surface area contributed by atoms with Gasteiger partial charge in [0.2, 0.25) is 0 Å². The second kappa shape index (κ2) is 7.90. The van der Waals surface area contributed by atoms with Gasteiger partial charge in [-0.3, -0.25) is 0 Å². The molecule has 2 atom stereocenters. The van der Waals surface area contributed by atoms with E-state index >= 15 is 0 Å². The minimum Gasteiger partial charge on any atom is -0.353 e. The van der Waals surface area contributed by atoms with Gasteiger partial charge in [-0.05, 0) is 19.8 Å². The highest BCUT2D eigenvalue weighted by Gasteiger charge is 2.10. The molecule has 0 heterocycles.